The summed E-state index contributed by atoms with van der Waals surface area (Å²) in [5, 5.41) is 1.22. The highest BCUT2D eigenvalue weighted by Gasteiger charge is 2.08. The van der Waals surface area contributed by atoms with Crippen LogP contribution < -0.4 is 0 Å². The Morgan fingerprint density at radius 2 is 1.02 bits per heavy atom. The maximum Gasteiger partial charge on any atom is 0.0711 e. The largest absolute Gasteiger partial charge is 0.361 e. The van der Waals surface area contributed by atoms with Crippen LogP contribution in [0.25, 0.3) is 55.6 Å². The number of aromatic nitrogens is 1. The van der Waals surface area contributed by atoms with Crippen molar-refractivity contribution in [2.24, 2.45) is 4.99 Å². The van der Waals surface area contributed by atoms with Crippen LogP contribution in [-0.4, -0.2) is 10.7 Å². The smallest absolute Gasteiger partial charge is 0.0711 e. The first-order chi connectivity index (χ1) is 22.6. The van der Waals surface area contributed by atoms with Crippen LogP contribution in [0.3, 0.4) is 0 Å². The molecule has 0 radical (unpaired) electrons. The molecular formula is C44H34N2. The molecule has 0 spiro atoms. The predicted molar refractivity (Wildman–Crippen MR) is 197 cm³/mol. The summed E-state index contributed by atoms with van der Waals surface area (Å²) in [6, 6.07) is 55.4. The maximum atomic E-state index is 5.16. The zero-order valence-corrected chi connectivity index (χ0v) is 25.8. The molecule has 0 aliphatic carbocycles. The van der Waals surface area contributed by atoms with Crippen molar-refractivity contribution in [3.63, 3.8) is 0 Å². The van der Waals surface area contributed by atoms with Gasteiger partial charge in [0, 0.05) is 23.0 Å². The lowest BCUT2D eigenvalue weighted by Gasteiger charge is -2.10. The Kier molecular flexibility index (Phi) is 8.09. The summed E-state index contributed by atoms with van der Waals surface area (Å²) in [6.07, 6.45) is 4.07. The van der Waals surface area contributed by atoms with Crippen molar-refractivity contribution in [3.8, 4) is 33.4 Å². The molecule has 0 aliphatic rings. The molecule has 0 unspecified atom stereocenters. The van der Waals surface area contributed by atoms with Gasteiger partial charge in [-0.1, -0.05) is 146 Å². The van der Waals surface area contributed by atoms with Crippen LogP contribution in [-0.2, 0) is 0 Å². The third kappa shape index (κ3) is 6.29. The number of hydrogen-bond donors (Lipinski definition) is 1. The van der Waals surface area contributed by atoms with E-state index in [0.29, 0.717) is 0 Å². The van der Waals surface area contributed by atoms with Crippen LogP contribution in [0, 0.1) is 0 Å². The summed E-state index contributed by atoms with van der Waals surface area (Å²) >= 11 is 0. The van der Waals surface area contributed by atoms with E-state index in [1.54, 1.807) is 0 Å². The third-order valence-corrected chi connectivity index (χ3v) is 8.44. The Labute approximate surface area is 270 Å². The van der Waals surface area contributed by atoms with Gasteiger partial charge in [-0.05, 0) is 86.7 Å². The number of H-pyrrole nitrogens is 1. The van der Waals surface area contributed by atoms with Gasteiger partial charge in [0.25, 0.3) is 0 Å². The normalized spacial score (nSPS) is 11.9. The Bertz CT molecular complexity index is 2160. The monoisotopic (exact) mass is 590 g/mol. The number of benzene rings is 6. The van der Waals surface area contributed by atoms with Crippen molar-refractivity contribution in [1.29, 1.82) is 0 Å². The van der Waals surface area contributed by atoms with Gasteiger partial charge in [0.05, 0.1) is 5.70 Å². The molecule has 0 amide bonds. The standard InChI is InChI=1S/C44H34N2/c1-31(33-9-5-3-6-10-33)29-44(46-32(2)34-13-15-36(16-14-34)35-11-7-4-8-12-35)40-23-21-38(22-24-40)37-17-19-39(20-18-37)41-25-26-43-42(30-41)27-28-45-43/h3-30,45H,1H2,2H3/b44-29-,46-32?. The number of allylic oxidation sites excluding steroid dienone is 2. The van der Waals surface area contributed by atoms with E-state index < -0.39 is 0 Å². The molecule has 0 fully saturated rings. The molecular weight excluding hydrogens is 556 g/mol. The lowest BCUT2D eigenvalue weighted by Crippen LogP contribution is -1.96. The van der Waals surface area contributed by atoms with Gasteiger partial charge >= 0.3 is 0 Å². The van der Waals surface area contributed by atoms with Gasteiger partial charge in [-0.15, -0.1) is 0 Å². The third-order valence-electron chi connectivity index (χ3n) is 8.44. The highest BCUT2D eigenvalue weighted by molar-refractivity contribution is 6.03. The van der Waals surface area contributed by atoms with Crippen molar-refractivity contribution in [1.82, 2.24) is 4.98 Å². The predicted octanol–water partition coefficient (Wildman–Crippen LogP) is 11.7. The summed E-state index contributed by atoms with van der Waals surface area (Å²) in [4.78, 5) is 8.43. The maximum absolute atomic E-state index is 5.16. The van der Waals surface area contributed by atoms with Crippen molar-refractivity contribution < 1.29 is 0 Å². The number of aliphatic imine (C=N–C) groups is 1. The molecule has 1 heterocycles. The van der Waals surface area contributed by atoms with E-state index in [4.69, 9.17) is 4.99 Å². The Morgan fingerprint density at radius 3 is 1.65 bits per heavy atom. The first-order valence-electron chi connectivity index (χ1n) is 15.6. The summed E-state index contributed by atoms with van der Waals surface area (Å²) in [5.41, 5.74) is 14.3. The summed E-state index contributed by atoms with van der Waals surface area (Å²) in [5.74, 6) is 0. The Balaban J connectivity index is 1.17. The Morgan fingerprint density at radius 1 is 0.522 bits per heavy atom. The fourth-order valence-electron chi connectivity index (χ4n) is 5.78. The molecule has 46 heavy (non-hydrogen) atoms. The van der Waals surface area contributed by atoms with Crippen LogP contribution in [0.1, 0.15) is 23.6 Å². The minimum Gasteiger partial charge on any atom is -0.361 e. The lowest BCUT2D eigenvalue weighted by molar-refractivity contribution is 1.46. The van der Waals surface area contributed by atoms with Crippen LogP contribution >= 0.6 is 0 Å². The lowest BCUT2D eigenvalue weighted by atomic mass is 9.98. The van der Waals surface area contributed by atoms with Crippen LogP contribution in [0.5, 0.6) is 0 Å². The number of rotatable bonds is 8. The first-order valence-corrected chi connectivity index (χ1v) is 15.6. The topological polar surface area (TPSA) is 28.1 Å². The number of nitrogens with one attached hydrogen (secondary N) is 1. The second kappa shape index (κ2) is 12.9. The fourth-order valence-corrected chi connectivity index (χ4v) is 5.78. The van der Waals surface area contributed by atoms with Crippen LogP contribution in [0.15, 0.2) is 182 Å². The van der Waals surface area contributed by atoms with Gasteiger partial charge in [0.15, 0.2) is 0 Å². The molecule has 6 aromatic carbocycles. The van der Waals surface area contributed by atoms with Crippen molar-refractivity contribution in [2.45, 2.75) is 6.92 Å². The van der Waals surface area contributed by atoms with E-state index in [2.05, 4.69) is 158 Å². The van der Waals surface area contributed by atoms with Gasteiger partial charge in [-0.25, -0.2) is 0 Å². The van der Waals surface area contributed by atoms with Crippen molar-refractivity contribution in [3.05, 3.63) is 193 Å². The van der Waals surface area contributed by atoms with E-state index >= 15 is 0 Å². The summed E-state index contributed by atoms with van der Waals surface area (Å²) < 4.78 is 0. The number of fused-ring (bicyclic) bond motifs is 1. The van der Waals surface area contributed by atoms with Crippen molar-refractivity contribution >= 4 is 27.9 Å². The van der Waals surface area contributed by atoms with Crippen LogP contribution in [0.2, 0.25) is 0 Å². The second-order valence-electron chi connectivity index (χ2n) is 11.5. The van der Waals surface area contributed by atoms with E-state index in [1.165, 1.54) is 33.2 Å². The summed E-state index contributed by atoms with van der Waals surface area (Å²) in [6.45, 7) is 6.45. The Hall–Kier alpha value is -5.99. The molecule has 0 saturated carbocycles. The van der Waals surface area contributed by atoms with Gasteiger partial charge in [0.1, 0.15) is 0 Å². The molecule has 7 rings (SSSR count). The van der Waals surface area contributed by atoms with E-state index in [0.717, 1.165) is 44.8 Å². The molecule has 2 nitrogen and oxygen atoms in total. The minimum absolute atomic E-state index is 0.875. The molecule has 220 valence electrons. The zero-order chi connectivity index (χ0) is 31.3. The van der Waals surface area contributed by atoms with Crippen LogP contribution in [0.4, 0.5) is 0 Å². The zero-order valence-electron chi connectivity index (χ0n) is 25.8. The number of nitrogens with zero attached hydrogens (tertiary/aromatic N) is 1. The molecule has 0 bridgehead atoms. The molecule has 7 aromatic rings. The molecule has 1 N–H and O–H groups in total. The van der Waals surface area contributed by atoms with Gasteiger partial charge in [0.2, 0.25) is 0 Å². The average Bonchev–Trinajstić information content (AvgIpc) is 3.61. The van der Waals surface area contributed by atoms with Crippen molar-refractivity contribution in [2.75, 3.05) is 0 Å². The van der Waals surface area contributed by atoms with Gasteiger partial charge < -0.3 is 4.98 Å². The summed E-state index contributed by atoms with van der Waals surface area (Å²) in [7, 11) is 0. The second-order valence-corrected chi connectivity index (χ2v) is 11.5. The number of hydrogen-bond acceptors (Lipinski definition) is 1. The molecule has 0 saturated heterocycles. The highest BCUT2D eigenvalue weighted by Crippen LogP contribution is 2.30. The number of aromatic amines is 1. The van der Waals surface area contributed by atoms with E-state index in [1.807, 2.05) is 30.5 Å². The first kappa shape index (κ1) is 28.8. The molecule has 0 atom stereocenters. The molecule has 1 aromatic heterocycles. The fraction of sp³-hybridized carbons (Fsp3) is 0.0227. The SMILES string of the molecule is C=C(/C=C(\N=C(C)c1ccc(-c2ccccc2)cc1)c1ccc(-c2ccc(-c3ccc4[nH]ccc4c3)cc2)cc1)c1ccccc1. The van der Waals surface area contributed by atoms with Gasteiger partial charge in [-0.2, -0.15) is 0 Å². The van der Waals surface area contributed by atoms with E-state index in [9.17, 15) is 0 Å². The minimum atomic E-state index is 0.875. The molecule has 2 heteroatoms. The van der Waals surface area contributed by atoms with E-state index in [-0.39, 0.29) is 0 Å². The average molecular weight is 591 g/mol. The van der Waals surface area contributed by atoms with Gasteiger partial charge in [-0.3, -0.25) is 4.99 Å². The highest BCUT2D eigenvalue weighted by atomic mass is 14.8. The quantitative estimate of drug-likeness (QED) is 0.135. The molecule has 0 aliphatic heterocycles.